The van der Waals surface area contributed by atoms with Crippen molar-refractivity contribution in [2.75, 3.05) is 19.9 Å². The molecule has 0 bridgehead atoms. The third-order valence-corrected chi connectivity index (χ3v) is 6.89. The second kappa shape index (κ2) is 9.28. The number of aromatic amines is 1. The Morgan fingerprint density at radius 3 is 2.60 bits per heavy atom. The van der Waals surface area contributed by atoms with E-state index < -0.39 is 28.1 Å². The number of hydrogen-bond acceptors (Lipinski definition) is 5. The minimum absolute atomic E-state index is 0.00326. The van der Waals surface area contributed by atoms with Crippen molar-refractivity contribution in [2.45, 2.75) is 44.7 Å². The first kappa shape index (κ1) is 25.2. The third-order valence-electron chi connectivity index (χ3n) is 6.46. The van der Waals surface area contributed by atoms with Crippen LogP contribution in [0, 0.1) is 5.82 Å². The molecule has 0 aliphatic heterocycles. The molecule has 0 spiro atoms. The monoisotopic (exact) mass is 501 g/mol. The summed E-state index contributed by atoms with van der Waals surface area (Å²) in [4.78, 5) is 26.3. The number of nitrogens with one attached hydrogen (secondary N) is 2. The number of rotatable bonds is 6. The lowest BCUT2D eigenvalue weighted by molar-refractivity contribution is 0.172. The summed E-state index contributed by atoms with van der Waals surface area (Å²) >= 11 is 1.37. The smallest absolute Gasteiger partial charge is 0.333 e. The highest BCUT2D eigenvalue weighted by Gasteiger charge is 2.39. The van der Waals surface area contributed by atoms with Crippen LogP contribution in [0.5, 0.6) is 5.75 Å². The normalized spacial score (nSPS) is 17.5. The predicted molar refractivity (Wildman–Crippen MR) is 136 cm³/mol. The zero-order valence-electron chi connectivity index (χ0n) is 20.4. The number of aromatic nitrogens is 2. The van der Waals surface area contributed by atoms with Gasteiger partial charge in [-0.3, -0.25) is 19.1 Å². The Morgan fingerprint density at radius 1 is 1.23 bits per heavy atom. The molecule has 1 atom stereocenters. The van der Waals surface area contributed by atoms with Gasteiger partial charge in [0.25, 0.3) is 5.56 Å². The number of H-pyrrole nitrogens is 1. The van der Waals surface area contributed by atoms with Crippen molar-refractivity contribution in [1.82, 2.24) is 14.3 Å². The van der Waals surface area contributed by atoms with Gasteiger partial charge in [-0.2, -0.15) is 0 Å². The maximum absolute atomic E-state index is 16.2. The van der Waals surface area contributed by atoms with Crippen molar-refractivity contribution in [2.24, 2.45) is 0 Å². The zero-order valence-corrected chi connectivity index (χ0v) is 21.2. The topological polar surface area (TPSA) is 76.1 Å². The summed E-state index contributed by atoms with van der Waals surface area (Å²) in [6, 6.07) is 7.97. The Balaban J connectivity index is 1.97. The molecule has 0 saturated carbocycles. The van der Waals surface area contributed by atoms with Gasteiger partial charge in [0, 0.05) is 24.4 Å². The molecule has 0 fully saturated rings. The minimum atomic E-state index is -1.48. The number of hydrogen-bond donors (Lipinski definition) is 2. The summed E-state index contributed by atoms with van der Waals surface area (Å²) in [5, 5.41) is 0. The van der Waals surface area contributed by atoms with Crippen LogP contribution in [0.4, 0.5) is 8.78 Å². The first-order chi connectivity index (χ1) is 16.5. The number of aryl methyl sites for hydroxylation is 1. The highest BCUT2D eigenvalue weighted by Crippen LogP contribution is 2.46. The third kappa shape index (κ3) is 4.54. The van der Waals surface area contributed by atoms with Gasteiger partial charge < -0.3 is 4.74 Å². The van der Waals surface area contributed by atoms with Crippen LogP contribution >= 0.6 is 11.9 Å². The number of benzene rings is 2. The SMILES string of the molecule is COc1c(C(C)(C)C)cc(-n2ccc(=O)[nH]c2=O)c(F)c1-c1ccc2c(c1)CCC2(F)CNSC. The van der Waals surface area contributed by atoms with Crippen LogP contribution in [0.2, 0.25) is 0 Å². The summed E-state index contributed by atoms with van der Waals surface area (Å²) in [5.41, 5.74) is -0.427. The summed E-state index contributed by atoms with van der Waals surface area (Å²) in [5.74, 6) is -0.317. The predicted octanol–water partition coefficient (Wildman–Crippen LogP) is 4.62. The molecule has 35 heavy (non-hydrogen) atoms. The van der Waals surface area contributed by atoms with E-state index in [0.29, 0.717) is 35.3 Å². The van der Waals surface area contributed by atoms with Crippen LogP contribution in [0.3, 0.4) is 0 Å². The molecule has 0 radical (unpaired) electrons. The van der Waals surface area contributed by atoms with Gasteiger partial charge in [-0.05, 0) is 47.3 Å². The van der Waals surface area contributed by atoms with Crippen LogP contribution in [0.15, 0.2) is 46.1 Å². The largest absolute Gasteiger partial charge is 0.496 e. The van der Waals surface area contributed by atoms with E-state index in [-0.39, 0.29) is 17.8 Å². The minimum Gasteiger partial charge on any atom is -0.496 e. The summed E-state index contributed by atoms with van der Waals surface area (Å²) in [7, 11) is 1.48. The standard InChI is InChI=1S/C26H29F2N3O3S/c1-25(2,3)18-13-19(31-11-9-20(32)30-24(31)33)22(27)21(23(18)34-4)16-6-7-17-15(12-16)8-10-26(17,28)14-29-35-5/h6-7,9,11-13,29H,8,10,14H2,1-5H3,(H,30,32,33). The lowest BCUT2D eigenvalue weighted by Crippen LogP contribution is -2.29. The highest BCUT2D eigenvalue weighted by atomic mass is 32.2. The van der Waals surface area contributed by atoms with Crippen molar-refractivity contribution in [3.63, 3.8) is 0 Å². The summed E-state index contributed by atoms with van der Waals surface area (Å²) < 4.78 is 41.6. The van der Waals surface area contributed by atoms with E-state index in [1.807, 2.05) is 33.1 Å². The number of alkyl halides is 1. The summed E-state index contributed by atoms with van der Waals surface area (Å²) in [6.45, 7) is 6.08. The second-order valence-corrected chi connectivity index (χ2v) is 10.5. The van der Waals surface area contributed by atoms with Crippen molar-refractivity contribution in [3.05, 3.63) is 79.9 Å². The molecule has 3 aromatic rings. The fourth-order valence-corrected chi connectivity index (χ4v) is 5.04. The maximum Gasteiger partial charge on any atom is 0.333 e. The highest BCUT2D eigenvalue weighted by molar-refractivity contribution is 7.96. The van der Waals surface area contributed by atoms with Crippen LogP contribution < -0.4 is 20.7 Å². The van der Waals surface area contributed by atoms with E-state index in [9.17, 15) is 9.59 Å². The van der Waals surface area contributed by atoms with Crippen molar-refractivity contribution in [3.8, 4) is 22.6 Å². The van der Waals surface area contributed by atoms with Crippen LogP contribution in [-0.2, 0) is 17.5 Å². The molecule has 1 aliphatic carbocycles. The van der Waals surface area contributed by atoms with Gasteiger partial charge in [-0.15, -0.1) is 0 Å². The molecular formula is C26H29F2N3O3S. The Labute approximate surface area is 206 Å². The van der Waals surface area contributed by atoms with Gasteiger partial charge in [0.15, 0.2) is 5.82 Å². The summed E-state index contributed by atoms with van der Waals surface area (Å²) in [6.07, 6.45) is 3.98. The fraction of sp³-hybridized carbons (Fsp3) is 0.385. The fourth-order valence-electron chi connectivity index (χ4n) is 4.67. The Kier molecular flexibility index (Phi) is 6.68. The number of halogens is 2. The first-order valence-corrected chi connectivity index (χ1v) is 12.5. The molecule has 0 saturated heterocycles. The van der Waals surface area contributed by atoms with Gasteiger partial charge in [-0.25, -0.2) is 13.6 Å². The molecule has 2 aromatic carbocycles. The Hall–Kier alpha value is -2.91. The zero-order chi connectivity index (χ0) is 25.5. The molecule has 0 amide bonds. The van der Waals surface area contributed by atoms with E-state index in [0.717, 1.165) is 10.1 Å². The molecule has 2 N–H and O–H groups in total. The van der Waals surface area contributed by atoms with E-state index in [1.54, 1.807) is 18.2 Å². The molecule has 1 aliphatic rings. The van der Waals surface area contributed by atoms with Crippen LogP contribution in [0.1, 0.15) is 43.9 Å². The van der Waals surface area contributed by atoms with Crippen molar-refractivity contribution in [1.29, 1.82) is 0 Å². The Morgan fingerprint density at radius 2 is 1.97 bits per heavy atom. The van der Waals surface area contributed by atoms with Gasteiger partial charge in [-0.1, -0.05) is 50.9 Å². The van der Waals surface area contributed by atoms with Gasteiger partial charge in [0.1, 0.15) is 11.4 Å². The van der Waals surface area contributed by atoms with Crippen molar-refractivity contribution >= 4 is 11.9 Å². The van der Waals surface area contributed by atoms with E-state index in [4.69, 9.17) is 4.74 Å². The molecule has 4 rings (SSSR count). The van der Waals surface area contributed by atoms with Gasteiger partial charge >= 0.3 is 5.69 Å². The lowest BCUT2D eigenvalue weighted by Gasteiger charge is -2.26. The number of methoxy groups -OCH3 is 1. The average Bonchev–Trinajstić information content (AvgIpc) is 3.13. The number of fused-ring (bicyclic) bond motifs is 1. The van der Waals surface area contributed by atoms with E-state index >= 15 is 8.78 Å². The van der Waals surface area contributed by atoms with Gasteiger partial charge in [0.2, 0.25) is 0 Å². The maximum atomic E-state index is 16.2. The second-order valence-electron chi connectivity index (χ2n) is 9.76. The van der Waals surface area contributed by atoms with E-state index in [2.05, 4.69) is 9.71 Å². The lowest BCUT2D eigenvalue weighted by atomic mass is 9.83. The molecule has 1 aromatic heterocycles. The van der Waals surface area contributed by atoms with Gasteiger partial charge in [0.05, 0.1) is 18.4 Å². The molecule has 6 nitrogen and oxygen atoms in total. The average molecular weight is 502 g/mol. The molecule has 9 heteroatoms. The molecular weight excluding hydrogens is 472 g/mol. The van der Waals surface area contributed by atoms with Crippen molar-refractivity contribution < 1.29 is 13.5 Å². The first-order valence-electron chi connectivity index (χ1n) is 11.3. The van der Waals surface area contributed by atoms with Crippen LogP contribution in [0.25, 0.3) is 16.8 Å². The van der Waals surface area contributed by atoms with Crippen LogP contribution in [-0.4, -0.2) is 29.5 Å². The number of ether oxygens (including phenoxy) is 1. The molecule has 186 valence electrons. The van der Waals surface area contributed by atoms with E-state index in [1.165, 1.54) is 31.3 Å². The quantitative estimate of drug-likeness (QED) is 0.482. The number of nitrogens with zero attached hydrogens (tertiary/aromatic N) is 1. The molecule has 1 unspecified atom stereocenters. The Bertz CT molecular complexity index is 1390. The molecule has 1 heterocycles.